The Bertz CT molecular complexity index is 1100. The number of Topliss-reactive ketones (excluding diaryl/α,β-unsaturated/α-hetero) is 1. The monoisotopic (exact) mass is 507 g/mol. The summed E-state index contributed by atoms with van der Waals surface area (Å²) in [5.41, 5.74) is 7.96. The predicted octanol–water partition coefficient (Wildman–Crippen LogP) is 5.06. The van der Waals surface area contributed by atoms with Gasteiger partial charge in [-0.2, -0.15) is 0 Å². The molecule has 0 saturated heterocycles. The van der Waals surface area contributed by atoms with Crippen molar-refractivity contribution in [2.24, 2.45) is 16.6 Å². The molecule has 7 nitrogen and oxygen atoms in total. The summed E-state index contributed by atoms with van der Waals surface area (Å²) in [5, 5.41) is 14.0. The highest BCUT2D eigenvalue weighted by Gasteiger charge is 2.30. The second-order valence-corrected chi connectivity index (χ2v) is 9.85. The van der Waals surface area contributed by atoms with Crippen molar-refractivity contribution >= 4 is 17.4 Å². The number of allylic oxidation sites excluding steroid dienone is 1. The van der Waals surface area contributed by atoms with E-state index in [0.29, 0.717) is 42.6 Å². The van der Waals surface area contributed by atoms with Crippen LogP contribution in [0.25, 0.3) is 0 Å². The quantitative estimate of drug-likeness (QED) is 0.151. The molecule has 0 radical (unpaired) electrons. The van der Waals surface area contributed by atoms with Crippen LogP contribution in [0.5, 0.6) is 11.5 Å². The van der Waals surface area contributed by atoms with Gasteiger partial charge >= 0.3 is 0 Å². The minimum atomic E-state index is -1.03. The Labute approximate surface area is 220 Å². The maximum atomic E-state index is 12.6. The number of unbranched alkanes of at least 4 members (excludes halogenated alkanes) is 1. The SMILES string of the molecule is CN=C(N)Nc1cccc(CCCC[C@@H]2C=C[C@@](O)(CC(=O)CCc3ccc(OC)c(OC)c3)CC2)c1. The molecule has 1 aliphatic rings. The maximum absolute atomic E-state index is 12.6. The molecule has 1 aliphatic carbocycles. The van der Waals surface area contributed by atoms with Crippen LogP contribution >= 0.6 is 0 Å². The smallest absolute Gasteiger partial charge is 0.192 e. The molecule has 0 fully saturated rings. The van der Waals surface area contributed by atoms with Crippen LogP contribution in [0.3, 0.4) is 0 Å². The molecule has 0 amide bonds. The molecule has 37 heavy (non-hydrogen) atoms. The lowest BCUT2D eigenvalue weighted by atomic mass is 9.80. The molecule has 0 bridgehead atoms. The Morgan fingerprint density at radius 3 is 2.59 bits per heavy atom. The van der Waals surface area contributed by atoms with Crippen LogP contribution in [0.4, 0.5) is 5.69 Å². The summed E-state index contributed by atoms with van der Waals surface area (Å²) >= 11 is 0. The topological polar surface area (TPSA) is 106 Å². The van der Waals surface area contributed by atoms with Gasteiger partial charge in [0.1, 0.15) is 5.78 Å². The summed E-state index contributed by atoms with van der Waals surface area (Å²) in [6.45, 7) is 0. The van der Waals surface area contributed by atoms with Gasteiger partial charge in [-0.25, -0.2) is 0 Å². The number of nitrogens with one attached hydrogen (secondary N) is 1. The van der Waals surface area contributed by atoms with Gasteiger partial charge in [0, 0.05) is 25.6 Å². The fourth-order valence-electron chi connectivity index (χ4n) is 4.81. The Kier molecular flexibility index (Phi) is 10.6. The zero-order chi connectivity index (χ0) is 26.7. The van der Waals surface area contributed by atoms with Crippen LogP contribution in [-0.4, -0.2) is 43.7 Å². The molecular formula is C30H41N3O4. The van der Waals surface area contributed by atoms with Gasteiger partial charge in [-0.05, 0) is 79.8 Å². The predicted molar refractivity (Wildman–Crippen MR) is 149 cm³/mol. The molecule has 2 aromatic rings. The van der Waals surface area contributed by atoms with E-state index in [1.54, 1.807) is 21.3 Å². The second-order valence-electron chi connectivity index (χ2n) is 9.85. The van der Waals surface area contributed by atoms with Gasteiger partial charge in [0.25, 0.3) is 0 Å². The first-order chi connectivity index (χ1) is 17.8. The van der Waals surface area contributed by atoms with Crippen molar-refractivity contribution in [3.63, 3.8) is 0 Å². The molecule has 0 aliphatic heterocycles. The first-order valence-electron chi connectivity index (χ1n) is 13.1. The molecule has 0 aromatic heterocycles. The molecule has 2 atom stereocenters. The molecular weight excluding hydrogens is 466 g/mol. The number of hydrogen-bond acceptors (Lipinski definition) is 5. The number of carbonyl (C=O) groups is 1. The molecule has 200 valence electrons. The number of aliphatic hydroxyl groups is 1. The molecule has 0 spiro atoms. The lowest BCUT2D eigenvalue weighted by Crippen LogP contribution is -2.32. The van der Waals surface area contributed by atoms with Gasteiger partial charge < -0.3 is 25.6 Å². The van der Waals surface area contributed by atoms with Crippen molar-refractivity contribution in [3.8, 4) is 11.5 Å². The number of rotatable bonds is 13. The van der Waals surface area contributed by atoms with Crippen LogP contribution in [0, 0.1) is 5.92 Å². The summed E-state index contributed by atoms with van der Waals surface area (Å²) in [7, 11) is 4.86. The zero-order valence-corrected chi connectivity index (χ0v) is 22.3. The molecule has 7 heteroatoms. The molecule has 3 rings (SSSR count). The van der Waals surface area contributed by atoms with E-state index in [9.17, 15) is 9.90 Å². The van der Waals surface area contributed by atoms with E-state index in [4.69, 9.17) is 15.2 Å². The summed E-state index contributed by atoms with van der Waals surface area (Å²) in [5.74, 6) is 2.26. The standard InChI is InChI=1S/C30H41N3O4/c1-32-29(31)33-25-10-6-9-23(19-25)8-5-4-7-22-15-17-30(35,18-16-22)21-26(34)13-11-24-12-14-27(36-2)28(20-24)37-3/h6,9-10,12,14-15,17,19-20,22,35H,4-5,7-8,11,13,16,18,21H2,1-3H3,(H3,31,32,33)/t22-,30+/m1/s1. The number of benzene rings is 2. The minimum Gasteiger partial charge on any atom is -0.493 e. The second kappa shape index (κ2) is 13.8. The number of nitrogens with zero attached hydrogens (tertiary/aromatic N) is 1. The summed E-state index contributed by atoms with van der Waals surface area (Å²) in [4.78, 5) is 16.6. The maximum Gasteiger partial charge on any atom is 0.192 e. The van der Waals surface area contributed by atoms with Crippen molar-refractivity contribution in [2.45, 2.75) is 63.4 Å². The number of nitrogens with two attached hydrogens (primary N) is 1. The third-order valence-corrected chi connectivity index (χ3v) is 7.00. The molecule has 2 aromatic carbocycles. The fourth-order valence-corrected chi connectivity index (χ4v) is 4.81. The lowest BCUT2D eigenvalue weighted by Gasteiger charge is -2.30. The normalized spacial score (nSPS) is 19.5. The van der Waals surface area contributed by atoms with Crippen LogP contribution in [0.15, 0.2) is 59.6 Å². The van der Waals surface area contributed by atoms with E-state index in [-0.39, 0.29) is 12.2 Å². The fraction of sp³-hybridized carbons (Fsp3) is 0.467. The van der Waals surface area contributed by atoms with Gasteiger partial charge in [0.2, 0.25) is 0 Å². The first kappa shape index (κ1) is 28.3. The van der Waals surface area contributed by atoms with Gasteiger partial charge in [-0.3, -0.25) is 9.79 Å². The minimum absolute atomic E-state index is 0.0732. The number of aryl methyl sites for hydroxylation is 2. The zero-order valence-electron chi connectivity index (χ0n) is 22.3. The number of carbonyl (C=O) groups excluding carboxylic acids is 1. The van der Waals surface area contributed by atoms with E-state index >= 15 is 0 Å². The van der Waals surface area contributed by atoms with Gasteiger partial charge in [0.05, 0.1) is 19.8 Å². The van der Waals surface area contributed by atoms with Crippen molar-refractivity contribution in [1.29, 1.82) is 0 Å². The highest BCUT2D eigenvalue weighted by Crippen LogP contribution is 2.32. The molecule has 0 saturated carbocycles. The Hall–Kier alpha value is -3.32. The number of hydrogen-bond donors (Lipinski definition) is 3. The van der Waals surface area contributed by atoms with E-state index in [1.807, 2.05) is 36.4 Å². The van der Waals surface area contributed by atoms with Crippen molar-refractivity contribution in [3.05, 3.63) is 65.7 Å². The number of methoxy groups -OCH3 is 2. The average molecular weight is 508 g/mol. The number of ketones is 1. The number of ether oxygens (including phenoxy) is 2. The number of anilines is 1. The summed E-state index contributed by atoms with van der Waals surface area (Å²) in [6, 6.07) is 13.9. The van der Waals surface area contributed by atoms with Crippen molar-refractivity contribution in [2.75, 3.05) is 26.6 Å². The van der Waals surface area contributed by atoms with Crippen molar-refractivity contribution in [1.82, 2.24) is 0 Å². The third-order valence-electron chi connectivity index (χ3n) is 7.00. The number of guanidine groups is 1. The van der Waals surface area contributed by atoms with Crippen LogP contribution in [0.2, 0.25) is 0 Å². The van der Waals surface area contributed by atoms with Gasteiger partial charge in [-0.15, -0.1) is 0 Å². The number of aliphatic imine (C=N–C) groups is 1. The highest BCUT2D eigenvalue weighted by atomic mass is 16.5. The third kappa shape index (κ3) is 8.93. The van der Waals surface area contributed by atoms with E-state index in [1.165, 1.54) is 5.56 Å². The Balaban J connectivity index is 1.39. The largest absolute Gasteiger partial charge is 0.493 e. The van der Waals surface area contributed by atoms with Crippen LogP contribution in [-0.2, 0) is 17.6 Å². The van der Waals surface area contributed by atoms with Crippen molar-refractivity contribution < 1.29 is 19.4 Å². The molecule has 0 heterocycles. The van der Waals surface area contributed by atoms with E-state index in [2.05, 4.69) is 28.5 Å². The first-order valence-corrected chi connectivity index (χ1v) is 13.1. The van der Waals surface area contributed by atoms with Gasteiger partial charge in [-0.1, -0.05) is 36.8 Å². The Morgan fingerprint density at radius 2 is 1.89 bits per heavy atom. The summed E-state index contributed by atoms with van der Waals surface area (Å²) in [6.07, 6.45) is 11.0. The van der Waals surface area contributed by atoms with Crippen LogP contribution < -0.4 is 20.5 Å². The van der Waals surface area contributed by atoms with Gasteiger partial charge in [0.15, 0.2) is 17.5 Å². The summed E-state index contributed by atoms with van der Waals surface area (Å²) < 4.78 is 10.6. The molecule has 0 unspecified atom stereocenters. The highest BCUT2D eigenvalue weighted by molar-refractivity contribution is 5.92. The van der Waals surface area contributed by atoms with Crippen LogP contribution in [0.1, 0.15) is 56.1 Å². The van der Waals surface area contributed by atoms with E-state index in [0.717, 1.165) is 43.4 Å². The Morgan fingerprint density at radius 1 is 1.11 bits per heavy atom. The lowest BCUT2D eigenvalue weighted by molar-refractivity contribution is -0.122. The van der Waals surface area contributed by atoms with E-state index < -0.39 is 5.60 Å². The molecule has 4 N–H and O–H groups in total. The average Bonchev–Trinajstić information content (AvgIpc) is 2.90.